The Hall–Kier alpha value is -1.18. The third-order valence-electron chi connectivity index (χ3n) is 8.90. The van der Waals surface area contributed by atoms with Crippen LogP contribution in [-0.2, 0) is 16.0 Å². The number of carboxylic acid groups (broad SMARTS) is 1. The quantitative estimate of drug-likeness (QED) is 0.0828. The van der Waals surface area contributed by atoms with Crippen LogP contribution in [0, 0.1) is 11.8 Å². The number of benzene rings is 1. The van der Waals surface area contributed by atoms with Crippen LogP contribution < -0.4 is 47.4 Å². The molecule has 0 saturated carbocycles. The van der Waals surface area contributed by atoms with Crippen LogP contribution >= 0.6 is 0 Å². The summed E-state index contributed by atoms with van der Waals surface area (Å²) in [4.78, 5) is 31.3. The summed E-state index contributed by atoms with van der Waals surface area (Å²) in [6, 6.07) is 6.06. The Labute approximate surface area is 294 Å². The molecule has 256 valence electrons. The van der Waals surface area contributed by atoms with Crippen LogP contribution in [0.5, 0.6) is 5.75 Å². The number of carboxylic acids is 1. The molecule has 45 heavy (non-hydrogen) atoms. The number of fused-ring (bicyclic) bond motifs is 1. The summed E-state index contributed by atoms with van der Waals surface area (Å²) < 4.78 is 12.4. The SMILES string of the molecule is C=C[I-]/C=C\C(CCC)CC[C@H]1[C@H](C(=O)O)[C@@H](c2ccc3c(c2)CCO3)CN1CC(=O)N(CCCC)CCCC[I-][N+](C)(C)C. The number of likely N-dealkylation sites (tertiary alicyclic amines) is 1. The van der Waals surface area contributed by atoms with Gasteiger partial charge in [0, 0.05) is 0 Å². The second kappa shape index (κ2) is 19.6. The van der Waals surface area contributed by atoms with Gasteiger partial charge in [0.1, 0.15) is 0 Å². The molecule has 1 saturated heterocycles. The fourth-order valence-electron chi connectivity index (χ4n) is 6.61. The molecule has 0 spiro atoms. The summed E-state index contributed by atoms with van der Waals surface area (Å²) in [6.07, 6.45) is 11.3. The van der Waals surface area contributed by atoms with E-state index >= 15 is 0 Å². The van der Waals surface area contributed by atoms with E-state index in [0.717, 1.165) is 84.9 Å². The van der Waals surface area contributed by atoms with E-state index in [4.69, 9.17) is 4.74 Å². The summed E-state index contributed by atoms with van der Waals surface area (Å²) >= 11 is -0.0309. The van der Waals surface area contributed by atoms with Crippen LogP contribution in [0.4, 0.5) is 0 Å². The van der Waals surface area contributed by atoms with Gasteiger partial charge in [0.05, 0.1) is 6.61 Å². The van der Waals surface area contributed by atoms with Crippen molar-refractivity contribution in [3.05, 3.63) is 50.1 Å². The van der Waals surface area contributed by atoms with E-state index in [1.807, 2.05) is 10.1 Å². The van der Waals surface area contributed by atoms with Crippen LogP contribution in [0.15, 0.2) is 39.0 Å². The molecule has 9 heteroatoms. The molecule has 1 amide bonds. The fraction of sp³-hybridized carbons (Fsp3) is 0.667. The number of alkyl halides is 1. The number of allylic oxidation sites excluding steroid dienone is 1. The van der Waals surface area contributed by atoms with E-state index in [-0.39, 0.29) is 60.6 Å². The van der Waals surface area contributed by atoms with E-state index in [1.165, 1.54) is 9.99 Å². The zero-order chi connectivity index (χ0) is 32.8. The molecule has 1 fully saturated rings. The number of nitrogens with zero attached hydrogens (tertiary/aromatic N) is 3. The second-order valence-corrected chi connectivity index (χ2v) is 20.2. The predicted octanol–water partition coefficient (Wildman–Crippen LogP) is 0.152. The Morgan fingerprint density at radius 2 is 1.93 bits per heavy atom. The first-order chi connectivity index (χ1) is 21.6. The van der Waals surface area contributed by atoms with Gasteiger partial charge in [0.25, 0.3) is 0 Å². The number of ether oxygens (including phenoxy) is 1. The van der Waals surface area contributed by atoms with Crippen LogP contribution in [-0.4, -0.2) is 93.9 Å². The average molecular weight is 851 g/mol. The summed E-state index contributed by atoms with van der Waals surface area (Å²) in [6.45, 7) is 11.4. The van der Waals surface area contributed by atoms with E-state index in [2.05, 4.69) is 73.7 Å². The third kappa shape index (κ3) is 12.4. The minimum absolute atomic E-state index is 0.0984. The first kappa shape index (κ1) is 38.3. The first-order valence-electron chi connectivity index (χ1n) is 16.9. The molecule has 1 aromatic carbocycles. The zero-order valence-corrected chi connectivity index (χ0v) is 32.7. The van der Waals surface area contributed by atoms with Crippen molar-refractivity contribution >= 4 is 11.9 Å². The number of quaternary nitrogens is 1. The molecule has 2 heterocycles. The normalized spacial score (nSPS) is 20.9. The topological polar surface area (TPSA) is 70.1 Å². The van der Waals surface area contributed by atoms with Gasteiger partial charge in [0.2, 0.25) is 0 Å². The summed E-state index contributed by atoms with van der Waals surface area (Å²) in [5.41, 5.74) is 2.23. The van der Waals surface area contributed by atoms with Crippen LogP contribution in [0.3, 0.4) is 0 Å². The standard InChI is InChI=1S/C36H58I2N3O4/c1-7-10-22-39(23-12-11-20-38-41(4,5)6)34(42)27-40-26-31(29-15-17-33-30(25-29)19-24-45-33)35(36(43)44)32(40)16-14-28(13-8-2)18-21-37-9-3/h9,15,17-18,21,25,28,31-32,35H,3,7-8,10-14,16,19-20,22-24,26-27H2,1-2,4-6H3,(H,43,44)/q-1/b21-18-/t28?,31-,32+,35-/m1/s1. The molecule has 0 aromatic heterocycles. The number of amides is 1. The Morgan fingerprint density at radius 3 is 2.62 bits per heavy atom. The van der Waals surface area contributed by atoms with Gasteiger partial charge in [-0.15, -0.1) is 0 Å². The molecule has 2 aliphatic rings. The number of unbranched alkanes of at least 4 members (excludes halogenated alkanes) is 2. The van der Waals surface area contributed by atoms with E-state index in [1.54, 1.807) is 0 Å². The Kier molecular flexibility index (Phi) is 16.7. The maximum atomic E-state index is 14.0. The van der Waals surface area contributed by atoms with Crippen LogP contribution in [0.2, 0.25) is 0 Å². The summed E-state index contributed by atoms with van der Waals surface area (Å²) in [5, 5.41) is 10.7. The van der Waals surface area contributed by atoms with Gasteiger partial charge in [-0.1, -0.05) is 0 Å². The number of rotatable bonds is 21. The third-order valence-corrected chi connectivity index (χ3v) is 13.5. The van der Waals surface area contributed by atoms with Crippen LogP contribution in [0.25, 0.3) is 0 Å². The van der Waals surface area contributed by atoms with E-state index < -0.39 is 11.9 Å². The molecule has 7 nitrogen and oxygen atoms in total. The van der Waals surface area contributed by atoms with E-state index in [9.17, 15) is 14.7 Å². The van der Waals surface area contributed by atoms with Crippen molar-refractivity contribution in [2.75, 3.05) is 58.4 Å². The molecule has 0 aliphatic carbocycles. The number of aliphatic carboxylic acids is 1. The minimum atomic E-state index is -0.750. The molecule has 0 radical (unpaired) electrons. The molecule has 1 aromatic rings. The van der Waals surface area contributed by atoms with Crippen molar-refractivity contribution in [2.45, 2.75) is 83.6 Å². The van der Waals surface area contributed by atoms with Crippen molar-refractivity contribution in [2.24, 2.45) is 11.8 Å². The molecular formula is C36H58I2N3O4-. The average Bonchev–Trinajstić information content (AvgIpc) is 3.61. The monoisotopic (exact) mass is 850 g/mol. The maximum absolute atomic E-state index is 14.0. The summed E-state index contributed by atoms with van der Waals surface area (Å²) in [5.74, 6) is 0.0465. The molecule has 2 aliphatic heterocycles. The Balaban J connectivity index is 1.81. The van der Waals surface area contributed by atoms with Gasteiger partial charge in [-0.05, 0) is 0 Å². The van der Waals surface area contributed by atoms with Crippen molar-refractivity contribution in [3.63, 3.8) is 0 Å². The first-order valence-corrected chi connectivity index (χ1v) is 21.9. The molecule has 4 atom stereocenters. The Morgan fingerprint density at radius 1 is 1.16 bits per heavy atom. The van der Waals surface area contributed by atoms with Gasteiger partial charge in [-0.3, -0.25) is 0 Å². The number of hydrogen-bond acceptors (Lipinski definition) is 4. The van der Waals surface area contributed by atoms with E-state index in [0.29, 0.717) is 25.6 Å². The fourth-order valence-corrected chi connectivity index (χ4v) is 10.1. The van der Waals surface area contributed by atoms with Gasteiger partial charge < -0.3 is 4.74 Å². The number of halogens is 2. The zero-order valence-electron chi connectivity index (χ0n) is 28.4. The number of carbonyl (C=O) groups is 2. The van der Waals surface area contributed by atoms with Crippen molar-refractivity contribution < 1.29 is 64.8 Å². The van der Waals surface area contributed by atoms with Crippen molar-refractivity contribution in [1.29, 1.82) is 0 Å². The van der Waals surface area contributed by atoms with Crippen molar-refractivity contribution in [3.8, 4) is 5.75 Å². The number of carbonyl (C=O) groups excluding carboxylic acids is 1. The van der Waals surface area contributed by atoms with Crippen molar-refractivity contribution in [1.82, 2.24) is 9.80 Å². The second-order valence-electron chi connectivity index (χ2n) is 13.3. The van der Waals surface area contributed by atoms with Gasteiger partial charge in [-0.2, -0.15) is 0 Å². The molecule has 0 bridgehead atoms. The van der Waals surface area contributed by atoms with Gasteiger partial charge in [-0.25, -0.2) is 0 Å². The predicted molar refractivity (Wildman–Crippen MR) is 175 cm³/mol. The molecule has 3 rings (SSSR count). The molecular weight excluding hydrogens is 792 g/mol. The number of hydrogen-bond donors (Lipinski definition) is 1. The molecule has 1 N–H and O–H groups in total. The van der Waals surface area contributed by atoms with Gasteiger partial charge in [0.15, 0.2) is 0 Å². The summed E-state index contributed by atoms with van der Waals surface area (Å²) in [7, 11) is 6.82. The Bertz CT molecular complexity index is 1120. The van der Waals surface area contributed by atoms with Crippen LogP contribution in [0.1, 0.15) is 82.3 Å². The van der Waals surface area contributed by atoms with Gasteiger partial charge >= 0.3 is 285 Å². The molecule has 1 unspecified atom stereocenters.